The second-order valence-electron chi connectivity index (χ2n) is 8.55. The summed E-state index contributed by atoms with van der Waals surface area (Å²) >= 11 is 0.936. The van der Waals surface area contributed by atoms with Gasteiger partial charge in [0.05, 0.1) is 13.0 Å². The molecule has 1 atom stereocenters. The summed E-state index contributed by atoms with van der Waals surface area (Å²) in [6.07, 6.45) is 0.807. The third-order valence-electron chi connectivity index (χ3n) is 4.69. The Balaban J connectivity index is 1.66. The fraction of sp³-hybridized carbons (Fsp3) is 0.375. The van der Waals surface area contributed by atoms with Crippen LogP contribution in [0, 0.1) is 0 Å². The van der Waals surface area contributed by atoms with Crippen LogP contribution in [0.1, 0.15) is 45.6 Å². The number of rotatable bonds is 7. The van der Waals surface area contributed by atoms with E-state index in [0.29, 0.717) is 25.3 Å². The smallest absolute Gasteiger partial charge is 0.326 e. The van der Waals surface area contributed by atoms with Gasteiger partial charge in [0, 0.05) is 12.0 Å². The zero-order chi connectivity index (χ0) is 22.5. The Morgan fingerprint density at radius 3 is 2.23 bits per heavy atom. The average Bonchev–Trinajstić information content (AvgIpc) is 3.02. The van der Waals surface area contributed by atoms with Crippen LogP contribution in [0.25, 0.3) is 0 Å². The van der Waals surface area contributed by atoms with E-state index in [1.54, 1.807) is 20.8 Å². The first-order valence-electron chi connectivity index (χ1n) is 10.3. The van der Waals surface area contributed by atoms with Crippen molar-refractivity contribution in [3.63, 3.8) is 0 Å². The molecular formula is C24H28NO5S+. The molecule has 1 fully saturated rings. The SMILES string of the molecule is CC(C)(C)OC(=O)CC(=O)S[N+]1(Cc2ccc(Oc3ccccc3)cc2)CCCC1=O. The van der Waals surface area contributed by atoms with Crippen molar-refractivity contribution in [2.24, 2.45) is 0 Å². The normalized spacial score (nSPS) is 18.6. The van der Waals surface area contributed by atoms with Crippen molar-refractivity contribution in [1.82, 2.24) is 0 Å². The van der Waals surface area contributed by atoms with Gasteiger partial charge in [-0.2, -0.15) is 3.89 Å². The number of esters is 1. The van der Waals surface area contributed by atoms with Gasteiger partial charge in [-0.15, -0.1) is 0 Å². The van der Waals surface area contributed by atoms with Gasteiger partial charge in [-0.25, -0.2) is 4.79 Å². The first-order valence-corrected chi connectivity index (χ1v) is 11.1. The Morgan fingerprint density at radius 2 is 1.65 bits per heavy atom. The van der Waals surface area contributed by atoms with E-state index in [1.165, 1.54) is 0 Å². The van der Waals surface area contributed by atoms with Gasteiger partial charge >= 0.3 is 11.9 Å². The minimum Gasteiger partial charge on any atom is -0.460 e. The van der Waals surface area contributed by atoms with Crippen LogP contribution >= 0.6 is 11.9 Å². The maximum Gasteiger partial charge on any atom is 0.326 e. The van der Waals surface area contributed by atoms with Crippen molar-refractivity contribution < 1.29 is 27.7 Å². The van der Waals surface area contributed by atoms with E-state index in [2.05, 4.69) is 0 Å². The third kappa shape index (κ3) is 6.67. The fourth-order valence-electron chi connectivity index (χ4n) is 3.42. The summed E-state index contributed by atoms with van der Waals surface area (Å²) in [7, 11) is 0. The number of likely N-dealkylation sites (tertiary alicyclic amines) is 1. The monoisotopic (exact) mass is 442 g/mol. The lowest BCUT2D eigenvalue weighted by atomic mass is 10.2. The van der Waals surface area contributed by atoms with Gasteiger partial charge in [-0.05, 0) is 57.2 Å². The number of benzene rings is 2. The lowest BCUT2D eigenvalue weighted by Crippen LogP contribution is -2.42. The third-order valence-corrected chi connectivity index (χ3v) is 5.90. The van der Waals surface area contributed by atoms with E-state index < -0.39 is 11.6 Å². The molecule has 0 aromatic heterocycles. The molecule has 1 aliphatic rings. The Hall–Kier alpha value is -2.64. The molecule has 164 valence electrons. The first-order chi connectivity index (χ1) is 14.7. The van der Waals surface area contributed by atoms with Crippen molar-refractivity contribution >= 4 is 28.9 Å². The summed E-state index contributed by atoms with van der Waals surface area (Å²) in [5.41, 5.74) is 0.273. The number of hydrogen-bond donors (Lipinski definition) is 0. The van der Waals surface area contributed by atoms with Crippen molar-refractivity contribution in [1.29, 1.82) is 0 Å². The number of para-hydroxylation sites is 1. The van der Waals surface area contributed by atoms with Crippen LogP contribution in [0.2, 0.25) is 0 Å². The Labute approximate surface area is 187 Å². The molecular weight excluding hydrogens is 414 g/mol. The predicted octanol–water partition coefficient (Wildman–Crippen LogP) is 5.02. The molecule has 6 nitrogen and oxygen atoms in total. The molecule has 0 radical (unpaired) electrons. The first kappa shape index (κ1) is 23.0. The molecule has 1 saturated heterocycles. The number of ether oxygens (including phenoxy) is 2. The Bertz CT molecular complexity index is 937. The summed E-state index contributed by atoms with van der Waals surface area (Å²) in [4.78, 5) is 37.3. The highest BCUT2D eigenvalue weighted by atomic mass is 32.2. The van der Waals surface area contributed by atoms with E-state index in [0.717, 1.165) is 29.7 Å². The number of carbonyl (C=O) groups is 3. The number of amides is 1. The Morgan fingerprint density at radius 1 is 1.00 bits per heavy atom. The van der Waals surface area contributed by atoms with Crippen LogP contribution < -0.4 is 4.74 Å². The summed E-state index contributed by atoms with van der Waals surface area (Å²) in [5, 5.41) is -0.353. The van der Waals surface area contributed by atoms with Crippen LogP contribution in [0.3, 0.4) is 0 Å². The lowest BCUT2D eigenvalue weighted by Gasteiger charge is -2.28. The van der Waals surface area contributed by atoms with Gasteiger partial charge in [0.2, 0.25) is 0 Å². The van der Waals surface area contributed by atoms with Gasteiger partial charge in [0.15, 0.2) is 11.9 Å². The molecule has 0 aliphatic carbocycles. The molecule has 3 rings (SSSR count). The largest absolute Gasteiger partial charge is 0.460 e. The number of nitrogens with zero attached hydrogens (tertiary/aromatic N) is 1. The van der Waals surface area contributed by atoms with E-state index in [1.807, 2.05) is 54.6 Å². The highest BCUT2D eigenvalue weighted by Gasteiger charge is 2.45. The maximum absolute atomic E-state index is 12.7. The molecule has 0 spiro atoms. The summed E-state index contributed by atoms with van der Waals surface area (Å²) < 4.78 is 11.0. The van der Waals surface area contributed by atoms with Crippen LogP contribution in [0.15, 0.2) is 54.6 Å². The molecule has 0 N–H and O–H groups in total. The quantitative estimate of drug-likeness (QED) is 0.259. The topological polar surface area (TPSA) is 69.7 Å². The van der Waals surface area contributed by atoms with Crippen molar-refractivity contribution in [3.8, 4) is 11.5 Å². The van der Waals surface area contributed by atoms with Crippen molar-refractivity contribution in [2.45, 2.75) is 52.2 Å². The molecule has 1 unspecified atom stereocenters. The predicted molar refractivity (Wildman–Crippen MR) is 119 cm³/mol. The average molecular weight is 443 g/mol. The van der Waals surface area contributed by atoms with E-state index in [-0.39, 0.29) is 21.3 Å². The molecule has 1 amide bonds. The molecule has 2 aromatic carbocycles. The van der Waals surface area contributed by atoms with Gasteiger partial charge < -0.3 is 9.47 Å². The van der Waals surface area contributed by atoms with Gasteiger partial charge in [0.25, 0.3) is 5.12 Å². The van der Waals surface area contributed by atoms with Crippen molar-refractivity contribution in [3.05, 3.63) is 60.2 Å². The van der Waals surface area contributed by atoms with Crippen LogP contribution in [0.4, 0.5) is 0 Å². The minimum absolute atomic E-state index is 0.00662. The number of hydrogen-bond acceptors (Lipinski definition) is 6. The molecule has 0 saturated carbocycles. The standard InChI is InChI=1S/C24H28NO5S/c1-24(2,3)30-22(27)16-23(28)31-25(15-7-10-21(25)26)17-18-11-13-20(14-12-18)29-19-8-5-4-6-9-19/h4-6,8-9,11-14H,7,10,15-17H2,1-3H3/q+1. The van der Waals surface area contributed by atoms with Crippen molar-refractivity contribution in [2.75, 3.05) is 6.54 Å². The fourth-order valence-corrected chi connectivity index (χ4v) is 4.61. The van der Waals surface area contributed by atoms with Gasteiger partial charge in [-0.3, -0.25) is 9.59 Å². The highest BCUT2D eigenvalue weighted by Crippen LogP contribution is 2.36. The molecule has 7 heteroatoms. The summed E-state index contributed by atoms with van der Waals surface area (Å²) in [5.74, 6) is 0.879. The zero-order valence-electron chi connectivity index (χ0n) is 18.1. The van der Waals surface area contributed by atoms with Crippen LogP contribution in [-0.2, 0) is 25.7 Å². The Kier molecular flexibility index (Phi) is 7.18. The molecule has 0 bridgehead atoms. The summed E-state index contributed by atoms with van der Waals surface area (Å²) in [6, 6.07) is 17.0. The van der Waals surface area contributed by atoms with Gasteiger partial charge in [-0.1, -0.05) is 18.2 Å². The van der Waals surface area contributed by atoms with E-state index in [4.69, 9.17) is 9.47 Å². The van der Waals surface area contributed by atoms with E-state index >= 15 is 0 Å². The zero-order valence-corrected chi connectivity index (χ0v) is 18.9. The van der Waals surface area contributed by atoms with E-state index in [9.17, 15) is 14.4 Å². The minimum atomic E-state index is -0.651. The highest BCUT2D eigenvalue weighted by molar-refractivity contribution is 8.09. The second kappa shape index (κ2) is 9.66. The molecule has 2 aromatic rings. The molecule has 31 heavy (non-hydrogen) atoms. The summed E-state index contributed by atoms with van der Waals surface area (Å²) in [6.45, 7) is 6.21. The van der Waals surface area contributed by atoms with Crippen LogP contribution in [-0.4, -0.2) is 33.0 Å². The number of quaternary nitrogens is 1. The lowest BCUT2D eigenvalue weighted by molar-refractivity contribution is -0.720. The van der Waals surface area contributed by atoms with Crippen LogP contribution in [0.5, 0.6) is 11.5 Å². The second-order valence-corrected chi connectivity index (χ2v) is 9.89. The molecule has 1 aliphatic heterocycles. The number of carbonyl (C=O) groups excluding carboxylic acids is 3. The molecule has 1 heterocycles. The maximum atomic E-state index is 12.7. The van der Waals surface area contributed by atoms with Gasteiger partial charge in [0.1, 0.15) is 30.1 Å².